The van der Waals surface area contributed by atoms with Crippen molar-refractivity contribution in [3.8, 4) is 11.5 Å². The summed E-state index contributed by atoms with van der Waals surface area (Å²) in [6.45, 7) is 6.77. The number of nitrogens with zero attached hydrogens (tertiary/aromatic N) is 1. The Morgan fingerprint density at radius 2 is 1.80 bits per heavy atom. The first-order valence-corrected chi connectivity index (χ1v) is 10.6. The number of rotatable bonds is 10. The summed E-state index contributed by atoms with van der Waals surface area (Å²) in [6, 6.07) is 11.1. The molecule has 0 aromatic heterocycles. The van der Waals surface area contributed by atoms with Crippen molar-refractivity contribution in [1.29, 1.82) is 0 Å². The molecule has 8 heteroatoms. The SMILES string of the molecule is CCOc1cc(C=NNC(=O)CC(=O)Nc2ccccc2CC)cc(Br)c1OCC. The van der Waals surface area contributed by atoms with Crippen LogP contribution in [0.2, 0.25) is 0 Å². The molecule has 0 saturated heterocycles. The molecule has 7 nitrogen and oxygen atoms in total. The number of para-hydroxylation sites is 1. The van der Waals surface area contributed by atoms with Gasteiger partial charge in [-0.2, -0.15) is 5.10 Å². The van der Waals surface area contributed by atoms with Crippen molar-refractivity contribution in [2.45, 2.75) is 33.6 Å². The van der Waals surface area contributed by atoms with Gasteiger partial charge in [-0.15, -0.1) is 0 Å². The molecule has 0 unspecified atom stereocenters. The fourth-order valence-electron chi connectivity index (χ4n) is 2.72. The van der Waals surface area contributed by atoms with Crippen LogP contribution in [-0.2, 0) is 16.0 Å². The zero-order chi connectivity index (χ0) is 21.9. The van der Waals surface area contributed by atoms with E-state index >= 15 is 0 Å². The van der Waals surface area contributed by atoms with Gasteiger partial charge in [0.05, 0.1) is 23.9 Å². The van der Waals surface area contributed by atoms with Crippen molar-refractivity contribution in [3.05, 3.63) is 52.0 Å². The van der Waals surface area contributed by atoms with Crippen LogP contribution in [0.25, 0.3) is 0 Å². The number of carbonyl (C=O) groups is 2. The van der Waals surface area contributed by atoms with Gasteiger partial charge in [0.1, 0.15) is 6.42 Å². The Bertz CT molecular complexity index is 915. The van der Waals surface area contributed by atoms with Gasteiger partial charge in [0.2, 0.25) is 11.8 Å². The van der Waals surface area contributed by atoms with Crippen molar-refractivity contribution < 1.29 is 19.1 Å². The second-order valence-electron chi connectivity index (χ2n) is 6.22. The number of nitrogens with one attached hydrogen (secondary N) is 2. The molecule has 0 heterocycles. The van der Waals surface area contributed by atoms with E-state index < -0.39 is 11.8 Å². The van der Waals surface area contributed by atoms with Gasteiger partial charge in [0.25, 0.3) is 0 Å². The Labute approximate surface area is 185 Å². The second-order valence-corrected chi connectivity index (χ2v) is 7.08. The number of ether oxygens (including phenoxy) is 2. The Kier molecular flexibility index (Phi) is 9.34. The largest absolute Gasteiger partial charge is 0.490 e. The minimum Gasteiger partial charge on any atom is -0.490 e. The molecule has 0 fully saturated rings. The summed E-state index contributed by atoms with van der Waals surface area (Å²) in [4.78, 5) is 24.1. The molecule has 0 atom stereocenters. The highest BCUT2D eigenvalue weighted by Crippen LogP contribution is 2.36. The van der Waals surface area contributed by atoms with Gasteiger partial charge in [-0.1, -0.05) is 25.1 Å². The first-order valence-electron chi connectivity index (χ1n) is 9.77. The number of carbonyl (C=O) groups excluding carboxylic acids is 2. The number of hydrogen-bond acceptors (Lipinski definition) is 5. The number of aryl methyl sites for hydroxylation is 1. The van der Waals surface area contributed by atoms with Crippen LogP contribution >= 0.6 is 15.9 Å². The molecule has 2 aromatic carbocycles. The quantitative estimate of drug-likeness (QED) is 0.304. The van der Waals surface area contributed by atoms with Crippen LogP contribution in [0.15, 0.2) is 46.0 Å². The molecule has 2 N–H and O–H groups in total. The van der Waals surface area contributed by atoms with Gasteiger partial charge in [0.15, 0.2) is 11.5 Å². The molecule has 2 amide bonds. The molecule has 2 aromatic rings. The fourth-order valence-corrected chi connectivity index (χ4v) is 3.29. The number of halogens is 1. The summed E-state index contributed by atoms with van der Waals surface area (Å²) < 4.78 is 11.9. The number of benzene rings is 2. The van der Waals surface area contributed by atoms with E-state index in [4.69, 9.17) is 9.47 Å². The van der Waals surface area contributed by atoms with Gasteiger partial charge in [-0.25, -0.2) is 5.43 Å². The van der Waals surface area contributed by atoms with E-state index in [0.29, 0.717) is 36.0 Å². The van der Waals surface area contributed by atoms with E-state index in [-0.39, 0.29) is 6.42 Å². The van der Waals surface area contributed by atoms with Crippen LogP contribution < -0.4 is 20.2 Å². The minimum atomic E-state index is -0.507. The maximum absolute atomic E-state index is 12.1. The third-order valence-electron chi connectivity index (χ3n) is 4.02. The van der Waals surface area contributed by atoms with E-state index in [1.807, 2.05) is 45.0 Å². The first-order chi connectivity index (χ1) is 14.5. The monoisotopic (exact) mass is 475 g/mol. The summed E-state index contributed by atoms with van der Waals surface area (Å²) in [5.74, 6) is 0.291. The molecular formula is C22H26BrN3O4. The molecule has 0 aliphatic heterocycles. The number of anilines is 1. The van der Waals surface area contributed by atoms with Gasteiger partial charge in [-0.05, 0) is 65.5 Å². The lowest BCUT2D eigenvalue weighted by atomic mass is 10.1. The van der Waals surface area contributed by atoms with Crippen molar-refractivity contribution in [1.82, 2.24) is 5.43 Å². The van der Waals surface area contributed by atoms with Crippen LogP contribution in [0.4, 0.5) is 5.69 Å². The van der Waals surface area contributed by atoms with Gasteiger partial charge in [0, 0.05) is 5.69 Å². The van der Waals surface area contributed by atoms with E-state index in [0.717, 1.165) is 16.5 Å². The van der Waals surface area contributed by atoms with E-state index in [1.54, 1.807) is 12.1 Å². The summed E-state index contributed by atoms with van der Waals surface area (Å²) >= 11 is 3.46. The zero-order valence-electron chi connectivity index (χ0n) is 17.3. The lowest BCUT2D eigenvalue weighted by molar-refractivity contribution is -0.126. The summed E-state index contributed by atoms with van der Waals surface area (Å²) in [5.41, 5.74) is 4.80. The molecular weight excluding hydrogens is 450 g/mol. The Morgan fingerprint density at radius 3 is 2.50 bits per heavy atom. The number of hydrazone groups is 1. The highest BCUT2D eigenvalue weighted by molar-refractivity contribution is 9.10. The number of amides is 2. The third-order valence-corrected chi connectivity index (χ3v) is 4.61. The van der Waals surface area contributed by atoms with Crippen LogP contribution in [0, 0.1) is 0 Å². The molecule has 2 rings (SSSR count). The average molecular weight is 476 g/mol. The lowest BCUT2D eigenvalue weighted by Gasteiger charge is -2.13. The molecule has 160 valence electrons. The Hall–Kier alpha value is -2.87. The third kappa shape index (κ3) is 6.88. The molecule has 0 aliphatic carbocycles. The predicted molar refractivity (Wildman–Crippen MR) is 121 cm³/mol. The lowest BCUT2D eigenvalue weighted by Crippen LogP contribution is -2.25. The highest BCUT2D eigenvalue weighted by Gasteiger charge is 2.12. The fraction of sp³-hybridized carbons (Fsp3) is 0.318. The van der Waals surface area contributed by atoms with Crippen molar-refractivity contribution >= 4 is 39.6 Å². The average Bonchev–Trinajstić information content (AvgIpc) is 2.71. The van der Waals surface area contributed by atoms with Crippen molar-refractivity contribution in [3.63, 3.8) is 0 Å². The summed E-state index contributed by atoms with van der Waals surface area (Å²) in [7, 11) is 0. The van der Waals surface area contributed by atoms with E-state index in [1.165, 1.54) is 6.21 Å². The minimum absolute atomic E-state index is 0.327. The standard InChI is InChI=1S/C22H26BrN3O4/c1-4-16-9-7-8-10-18(16)25-20(27)13-21(28)26-24-14-15-11-17(23)22(30-6-3)19(12-15)29-5-2/h7-12,14H,4-6,13H2,1-3H3,(H,25,27)(H,26,28). The van der Waals surface area contributed by atoms with Crippen LogP contribution in [-0.4, -0.2) is 31.2 Å². The molecule has 0 aliphatic rings. The van der Waals surface area contributed by atoms with Gasteiger partial charge in [-0.3, -0.25) is 9.59 Å². The summed E-state index contributed by atoms with van der Waals surface area (Å²) in [6.07, 6.45) is 1.94. The molecule has 0 radical (unpaired) electrons. The maximum Gasteiger partial charge on any atom is 0.249 e. The summed E-state index contributed by atoms with van der Waals surface area (Å²) in [5, 5.41) is 6.69. The van der Waals surface area contributed by atoms with E-state index in [2.05, 4.69) is 31.8 Å². The smallest absolute Gasteiger partial charge is 0.249 e. The topological polar surface area (TPSA) is 89.0 Å². The van der Waals surface area contributed by atoms with Crippen molar-refractivity contribution in [2.75, 3.05) is 18.5 Å². The number of hydrogen-bond donors (Lipinski definition) is 2. The Morgan fingerprint density at radius 1 is 1.07 bits per heavy atom. The molecule has 0 saturated carbocycles. The first kappa shape index (κ1) is 23.4. The molecule has 0 bridgehead atoms. The molecule has 30 heavy (non-hydrogen) atoms. The molecule has 0 spiro atoms. The normalized spacial score (nSPS) is 10.7. The van der Waals surface area contributed by atoms with E-state index in [9.17, 15) is 9.59 Å². The van der Waals surface area contributed by atoms with Crippen LogP contribution in [0.5, 0.6) is 11.5 Å². The second kappa shape index (κ2) is 12.0. The van der Waals surface area contributed by atoms with Crippen molar-refractivity contribution in [2.24, 2.45) is 5.10 Å². The predicted octanol–water partition coefficient (Wildman–Crippen LogP) is 4.29. The maximum atomic E-state index is 12.1. The zero-order valence-corrected chi connectivity index (χ0v) is 18.9. The van der Waals surface area contributed by atoms with Crippen LogP contribution in [0.1, 0.15) is 38.3 Å². The van der Waals surface area contributed by atoms with Gasteiger partial charge < -0.3 is 14.8 Å². The highest BCUT2D eigenvalue weighted by atomic mass is 79.9. The Balaban J connectivity index is 1.96. The van der Waals surface area contributed by atoms with Gasteiger partial charge >= 0.3 is 0 Å². The van der Waals surface area contributed by atoms with Crippen LogP contribution in [0.3, 0.4) is 0 Å².